The van der Waals surface area contributed by atoms with E-state index in [1.54, 1.807) is 0 Å². The van der Waals surface area contributed by atoms with Gasteiger partial charge in [0.1, 0.15) is 0 Å². The Balaban J connectivity index is 2.24. The molecule has 0 aliphatic carbocycles. The van der Waals surface area contributed by atoms with E-state index in [-0.39, 0.29) is 18.2 Å². The van der Waals surface area contributed by atoms with Crippen molar-refractivity contribution in [1.82, 2.24) is 15.5 Å². The lowest BCUT2D eigenvalue weighted by Gasteiger charge is -2.41. The summed E-state index contributed by atoms with van der Waals surface area (Å²) in [5.41, 5.74) is 0.00867. The zero-order valence-electron chi connectivity index (χ0n) is 11.7. The van der Waals surface area contributed by atoms with Crippen LogP contribution in [0.5, 0.6) is 0 Å². The molecule has 0 aromatic carbocycles. The molecule has 0 bridgehead atoms. The van der Waals surface area contributed by atoms with E-state index in [0.717, 1.165) is 13.1 Å². The molecule has 0 aromatic heterocycles. The van der Waals surface area contributed by atoms with E-state index in [0.29, 0.717) is 19.5 Å². The van der Waals surface area contributed by atoms with Crippen molar-refractivity contribution in [3.63, 3.8) is 0 Å². The van der Waals surface area contributed by atoms with Crippen LogP contribution >= 0.6 is 0 Å². The third kappa shape index (κ3) is 5.23. The lowest BCUT2D eigenvalue weighted by molar-refractivity contribution is 0.0960. The number of rotatable bonds is 6. The summed E-state index contributed by atoms with van der Waals surface area (Å²) in [6.45, 7) is 7.88. The molecule has 0 spiro atoms. The van der Waals surface area contributed by atoms with Gasteiger partial charge in [-0.2, -0.15) is 0 Å². The van der Waals surface area contributed by atoms with E-state index in [1.807, 2.05) is 0 Å². The molecule has 0 saturated carbocycles. The van der Waals surface area contributed by atoms with E-state index < -0.39 is 0 Å². The van der Waals surface area contributed by atoms with Crippen molar-refractivity contribution in [2.45, 2.75) is 45.1 Å². The predicted octanol–water partition coefficient (Wildman–Crippen LogP) is 0.932. The number of nitrogens with zero attached hydrogens (tertiary/aromatic N) is 1. The maximum absolute atomic E-state index is 11.5. The van der Waals surface area contributed by atoms with E-state index in [4.69, 9.17) is 5.11 Å². The van der Waals surface area contributed by atoms with Crippen molar-refractivity contribution in [1.29, 1.82) is 0 Å². The summed E-state index contributed by atoms with van der Waals surface area (Å²) >= 11 is 0. The summed E-state index contributed by atoms with van der Waals surface area (Å²) in [4.78, 5) is 14.0. The number of hydrogen-bond acceptors (Lipinski definition) is 3. The van der Waals surface area contributed by atoms with Crippen molar-refractivity contribution in [2.75, 3.05) is 32.8 Å². The monoisotopic (exact) mass is 257 g/mol. The lowest BCUT2D eigenvalue weighted by atomic mass is 9.98. The van der Waals surface area contributed by atoms with Gasteiger partial charge >= 0.3 is 6.03 Å². The van der Waals surface area contributed by atoms with E-state index in [2.05, 4.69) is 29.4 Å². The van der Waals surface area contributed by atoms with Crippen molar-refractivity contribution < 1.29 is 9.90 Å². The zero-order chi connectivity index (χ0) is 13.4. The Kier molecular flexibility index (Phi) is 6.43. The van der Waals surface area contributed by atoms with E-state index in [9.17, 15) is 4.79 Å². The number of aliphatic hydroxyl groups excluding tert-OH is 1. The van der Waals surface area contributed by atoms with Crippen LogP contribution in [0.25, 0.3) is 0 Å². The third-order valence-corrected chi connectivity index (χ3v) is 3.51. The first-order valence-corrected chi connectivity index (χ1v) is 6.94. The predicted molar refractivity (Wildman–Crippen MR) is 72.6 cm³/mol. The Morgan fingerprint density at radius 3 is 2.50 bits per heavy atom. The second-order valence-electron chi connectivity index (χ2n) is 5.55. The average Bonchev–Trinajstić information content (AvgIpc) is 2.38. The van der Waals surface area contributed by atoms with Crippen LogP contribution in [0.2, 0.25) is 0 Å². The minimum Gasteiger partial charge on any atom is -0.396 e. The maximum Gasteiger partial charge on any atom is 0.314 e. The normalized spacial score (nSPS) is 17.5. The Labute approximate surface area is 110 Å². The van der Waals surface area contributed by atoms with E-state index in [1.165, 1.54) is 19.3 Å². The van der Waals surface area contributed by atoms with Crippen LogP contribution in [0, 0.1) is 0 Å². The van der Waals surface area contributed by atoms with Gasteiger partial charge in [0.15, 0.2) is 0 Å². The van der Waals surface area contributed by atoms with Gasteiger partial charge in [0.25, 0.3) is 0 Å². The first-order valence-electron chi connectivity index (χ1n) is 6.94. The minimum atomic E-state index is -0.145. The molecule has 1 aliphatic heterocycles. The van der Waals surface area contributed by atoms with Crippen LogP contribution in [0.15, 0.2) is 0 Å². The van der Waals surface area contributed by atoms with Gasteiger partial charge in [0, 0.05) is 25.2 Å². The van der Waals surface area contributed by atoms with Gasteiger partial charge in [-0.05, 0) is 46.2 Å². The zero-order valence-corrected chi connectivity index (χ0v) is 11.7. The SMILES string of the molecule is CC(C)(CNC(=O)NCCCO)N1CCCCC1. The van der Waals surface area contributed by atoms with Crippen LogP contribution in [0.4, 0.5) is 4.79 Å². The number of urea groups is 1. The molecule has 1 aliphatic rings. The Hall–Kier alpha value is -0.810. The molecule has 18 heavy (non-hydrogen) atoms. The number of hydrogen-bond donors (Lipinski definition) is 3. The summed E-state index contributed by atoms with van der Waals surface area (Å²) in [5.74, 6) is 0. The Bertz CT molecular complexity index is 251. The van der Waals surface area contributed by atoms with Gasteiger partial charge in [-0.1, -0.05) is 6.42 Å². The minimum absolute atomic E-state index is 0.00867. The average molecular weight is 257 g/mol. The number of amides is 2. The van der Waals surface area contributed by atoms with Crippen LogP contribution in [0.3, 0.4) is 0 Å². The molecule has 2 amide bonds. The number of nitrogens with one attached hydrogen (secondary N) is 2. The van der Waals surface area contributed by atoms with Gasteiger partial charge in [0.2, 0.25) is 0 Å². The number of carbonyl (C=O) groups excluding carboxylic acids is 1. The fourth-order valence-corrected chi connectivity index (χ4v) is 2.25. The molecule has 1 fully saturated rings. The van der Waals surface area contributed by atoms with E-state index >= 15 is 0 Å². The highest BCUT2D eigenvalue weighted by Gasteiger charge is 2.28. The highest BCUT2D eigenvalue weighted by atomic mass is 16.3. The smallest absolute Gasteiger partial charge is 0.314 e. The fraction of sp³-hybridized carbons (Fsp3) is 0.923. The molecule has 0 unspecified atom stereocenters. The van der Waals surface area contributed by atoms with Crippen molar-refractivity contribution in [3.05, 3.63) is 0 Å². The summed E-state index contributed by atoms with van der Waals surface area (Å²) in [6, 6.07) is -0.145. The summed E-state index contributed by atoms with van der Waals surface area (Å²) in [7, 11) is 0. The molecule has 0 radical (unpaired) electrons. The molecule has 0 atom stereocenters. The lowest BCUT2D eigenvalue weighted by Crippen LogP contribution is -2.54. The number of likely N-dealkylation sites (tertiary alicyclic amines) is 1. The molecular formula is C13H27N3O2. The first kappa shape index (κ1) is 15.2. The second-order valence-corrected chi connectivity index (χ2v) is 5.55. The van der Waals surface area contributed by atoms with Gasteiger partial charge in [-0.3, -0.25) is 4.90 Å². The van der Waals surface area contributed by atoms with Crippen molar-refractivity contribution >= 4 is 6.03 Å². The fourth-order valence-electron chi connectivity index (χ4n) is 2.25. The van der Waals surface area contributed by atoms with Crippen LogP contribution in [0.1, 0.15) is 39.5 Å². The highest BCUT2D eigenvalue weighted by molar-refractivity contribution is 5.73. The Morgan fingerprint density at radius 1 is 1.22 bits per heavy atom. The van der Waals surface area contributed by atoms with Gasteiger partial charge in [-0.25, -0.2) is 4.79 Å². The maximum atomic E-state index is 11.5. The number of aliphatic hydroxyl groups is 1. The quantitative estimate of drug-likeness (QED) is 0.620. The van der Waals surface area contributed by atoms with Gasteiger partial charge < -0.3 is 15.7 Å². The molecule has 0 aromatic rings. The molecule has 5 heteroatoms. The number of piperidine rings is 1. The summed E-state index contributed by atoms with van der Waals surface area (Å²) in [6.07, 6.45) is 4.43. The highest BCUT2D eigenvalue weighted by Crippen LogP contribution is 2.19. The first-order chi connectivity index (χ1) is 8.56. The van der Waals surface area contributed by atoms with Crippen LogP contribution in [-0.4, -0.2) is 54.4 Å². The third-order valence-electron chi connectivity index (χ3n) is 3.51. The van der Waals surface area contributed by atoms with Gasteiger partial charge in [-0.15, -0.1) is 0 Å². The summed E-state index contributed by atoms with van der Waals surface area (Å²) in [5, 5.41) is 14.3. The Morgan fingerprint density at radius 2 is 1.89 bits per heavy atom. The van der Waals surface area contributed by atoms with Crippen molar-refractivity contribution in [3.8, 4) is 0 Å². The molecule has 1 rings (SSSR count). The number of carbonyl (C=O) groups is 1. The molecule has 106 valence electrons. The molecule has 1 heterocycles. The largest absolute Gasteiger partial charge is 0.396 e. The summed E-state index contributed by atoms with van der Waals surface area (Å²) < 4.78 is 0. The molecule has 1 saturated heterocycles. The molecule has 5 nitrogen and oxygen atoms in total. The van der Waals surface area contributed by atoms with Crippen LogP contribution < -0.4 is 10.6 Å². The second kappa shape index (κ2) is 7.59. The molecule has 3 N–H and O–H groups in total. The van der Waals surface area contributed by atoms with Gasteiger partial charge in [0.05, 0.1) is 0 Å². The molecular weight excluding hydrogens is 230 g/mol. The topological polar surface area (TPSA) is 64.6 Å². The van der Waals surface area contributed by atoms with Crippen molar-refractivity contribution in [2.24, 2.45) is 0 Å². The standard InChI is InChI=1S/C13H27N3O2/c1-13(2,16-8-4-3-5-9-16)11-15-12(18)14-7-6-10-17/h17H,3-11H2,1-2H3,(H2,14,15,18). The van der Waals surface area contributed by atoms with Crippen LogP contribution in [-0.2, 0) is 0 Å².